The molecule has 5 nitrogen and oxygen atoms in total. The summed E-state index contributed by atoms with van der Waals surface area (Å²) in [5.41, 5.74) is 4.05. The number of hydrogen-bond acceptors (Lipinski definition) is 4. The molecular weight excluding hydrogens is 241 g/mol. The number of hydrogen-bond donors (Lipinski definition) is 1. The van der Waals surface area contributed by atoms with Crippen LogP contribution in [-0.4, -0.2) is 41.8 Å². The lowest BCUT2D eigenvalue weighted by Gasteiger charge is -2.26. The van der Waals surface area contributed by atoms with Crippen molar-refractivity contribution in [1.29, 1.82) is 0 Å². The highest BCUT2D eigenvalue weighted by Gasteiger charge is 2.45. The van der Waals surface area contributed by atoms with E-state index in [0.29, 0.717) is 0 Å². The number of imide groups is 1. The first-order valence-electron chi connectivity index (χ1n) is 4.81. The molecule has 0 aliphatic rings. The Bertz CT molecular complexity index is 297. The summed E-state index contributed by atoms with van der Waals surface area (Å²) in [6.07, 6.45) is -6.49. The number of amides is 2. The lowest BCUT2D eigenvalue weighted by atomic mass is 10.2. The van der Waals surface area contributed by atoms with Crippen LogP contribution < -0.4 is 5.73 Å². The van der Waals surface area contributed by atoms with Crippen LogP contribution in [0, 0.1) is 0 Å². The molecule has 0 heterocycles. The third-order valence-electron chi connectivity index (χ3n) is 1.45. The standard InChI is InChI=1S/C9H15F3N2O3/c1-8(2,3)17-7(16)14(5-4-13)6(15)9(10,11)12/h4-5,13H2,1-3H3. The number of ether oxygens (including phenoxy) is 1. The maximum Gasteiger partial charge on any atom is 0.471 e. The summed E-state index contributed by atoms with van der Waals surface area (Å²) in [6.45, 7) is 3.60. The van der Waals surface area contributed by atoms with Gasteiger partial charge in [0.2, 0.25) is 0 Å². The fraction of sp³-hybridized carbons (Fsp3) is 0.778. The zero-order valence-corrected chi connectivity index (χ0v) is 9.80. The number of halogens is 3. The van der Waals surface area contributed by atoms with Crippen LogP contribution in [0.1, 0.15) is 20.8 Å². The molecule has 0 saturated heterocycles. The molecular formula is C9H15F3N2O3. The summed E-state index contributed by atoms with van der Waals surface area (Å²) >= 11 is 0. The van der Waals surface area contributed by atoms with Crippen molar-refractivity contribution in [2.24, 2.45) is 5.73 Å². The first-order chi connectivity index (χ1) is 7.49. The fourth-order valence-electron chi connectivity index (χ4n) is 0.875. The molecule has 2 amide bonds. The molecule has 17 heavy (non-hydrogen) atoms. The second-order valence-electron chi connectivity index (χ2n) is 4.22. The molecule has 0 fully saturated rings. The lowest BCUT2D eigenvalue weighted by Crippen LogP contribution is -2.48. The molecule has 2 N–H and O–H groups in total. The highest BCUT2D eigenvalue weighted by atomic mass is 19.4. The summed E-state index contributed by atoms with van der Waals surface area (Å²) in [4.78, 5) is 22.2. The smallest absolute Gasteiger partial charge is 0.443 e. The van der Waals surface area contributed by atoms with E-state index in [0.717, 1.165) is 0 Å². The van der Waals surface area contributed by atoms with Crippen molar-refractivity contribution in [2.75, 3.05) is 13.1 Å². The van der Waals surface area contributed by atoms with Gasteiger partial charge in [-0.25, -0.2) is 9.69 Å². The Morgan fingerprint density at radius 1 is 1.24 bits per heavy atom. The minimum Gasteiger partial charge on any atom is -0.443 e. The van der Waals surface area contributed by atoms with Crippen molar-refractivity contribution in [1.82, 2.24) is 4.90 Å². The van der Waals surface area contributed by atoms with Gasteiger partial charge in [-0.05, 0) is 20.8 Å². The predicted molar refractivity (Wildman–Crippen MR) is 53.1 cm³/mol. The molecule has 0 spiro atoms. The second kappa shape index (κ2) is 5.35. The van der Waals surface area contributed by atoms with Crippen LogP contribution in [0.2, 0.25) is 0 Å². The number of carbonyl (C=O) groups is 2. The molecule has 0 aliphatic carbocycles. The zero-order chi connectivity index (χ0) is 13.9. The first-order valence-corrected chi connectivity index (χ1v) is 4.81. The van der Waals surface area contributed by atoms with E-state index >= 15 is 0 Å². The zero-order valence-electron chi connectivity index (χ0n) is 9.80. The Balaban J connectivity index is 4.87. The summed E-state index contributed by atoms with van der Waals surface area (Å²) < 4.78 is 41.2. The quantitative estimate of drug-likeness (QED) is 0.807. The monoisotopic (exact) mass is 256 g/mol. The van der Waals surface area contributed by atoms with Crippen molar-refractivity contribution in [3.05, 3.63) is 0 Å². The Morgan fingerprint density at radius 3 is 2.00 bits per heavy atom. The Labute approximate surface area is 96.7 Å². The normalized spacial score (nSPS) is 12.2. The van der Waals surface area contributed by atoms with Crippen molar-refractivity contribution < 1.29 is 27.5 Å². The summed E-state index contributed by atoms with van der Waals surface area (Å²) in [7, 11) is 0. The van der Waals surface area contributed by atoms with Gasteiger partial charge in [0, 0.05) is 13.1 Å². The number of nitrogens with two attached hydrogens (primary N) is 1. The Hall–Kier alpha value is -1.31. The highest BCUT2D eigenvalue weighted by Crippen LogP contribution is 2.20. The highest BCUT2D eigenvalue weighted by molar-refractivity contribution is 5.95. The van der Waals surface area contributed by atoms with E-state index in [1.54, 1.807) is 0 Å². The van der Waals surface area contributed by atoms with Gasteiger partial charge < -0.3 is 10.5 Å². The molecule has 0 aromatic rings. The molecule has 100 valence electrons. The van der Waals surface area contributed by atoms with Gasteiger partial charge in [0.05, 0.1) is 0 Å². The van der Waals surface area contributed by atoms with Crippen LogP contribution in [0.3, 0.4) is 0 Å². The Kier molecular flexibility index (Phi) is 4.94. The van der Waals surface area contributed by atoms with Gasteiger partial charge in [-0.15, -0.1) is 0 Å². The van der Waals surface area contributed by atoms with E-state index in [1.807, 2.05) is 0 Å². The summed E-state index contributed by atoms with van der Waals surface area (Å²) in [5.74, 6) is -2.28. The predicted octanol–water partition coefficient (Wildman–Crippen LogP) is 1.27. The van der Waals surface area contributed by atoms with Crippen LogP contribution in [0.25, 0.3) is 0 Å². The molecule has 8 heteroatoms. The fourth-order valence-corrected chi connectivity index (χ4v) is 0.875. The van der Waals surface area contributed by atoms with E-state index in [4.69, 9.17) is 5.73 Å². The number of carbonyl (C=O) groups excluding carboxylic acids is 2. The number of rotatable bonds is 2. The summed E-state index contributed by atoms with van der Waals surface area (Å²) in [5, 5.41) is 0. The SMILES string of the molecule is CC(C)(C)OC(=O)N(CCN)C(=O)C(F)(F)F. The van der Waals surface area contributed by atoms with E-state index in [9.17, 15) is 22.8 Å². The van der Waals surface area contributed by atoms with E-state index in [1.165, 1.54) is 20.8 Å². The topological polar surface area (TPSA) is 72.6 Å². The molecule has 0 aromatic carbocycles. The molecule has 0 aromatic heterocycles. The molecule has 0 saturated carbocycles. The van der Waals surface area contributed by atoms with Crippen LogP contribution in [0.15, 0.2) is 0 Å². The molecule has 0 radical (unpaired) electrons. The molecule has 0 rings (SSSR count). The van der Waals surface area contributed by atoms with Gasteiger partial charge in [0.25, 0.3) is 0 Å². The molecule has 0 bridgehead atoms. The van der Waals surface area contributed by atoms with Crippen LogP contribution in [0.5, 0.6) is 0 Å². The van der Waals surface area contributed by atoms with Crippen molar-refractivity contribution >= 4 is 12.0 Å². The minimum atomic E-state index is -5.13. The van der Waals surface area contributed by atoms with Crippen LogP contribution in [-0.2, 0) is 9.53 Å². The van der Waals surface area contributed by atoms with Crippen LogP contribution in [0.4, 0.5) is 18.0 Å². The third-order valence-corrected chi connectivity index (χ3v) is 1.45. The van der Waals surface area contributed by atoms with E-state index in [2.05, 4.69) is 4.74 Å². The number of alkyl halides is 3. The van der Waals surface area contributed by atoms with Gasteiger partial charge >= 0.3 is 18.2 Å². The number of nitrogens with zero attached hydrogens (tertiary/aromatic N) is 1. The second-order valence-corrected chi connectivity index (χ2v) is 4.22. The maximum absolute atomic E-state index is 12.2. The van der Waals surface area contributed by atoms with Gasteiger partial charge in [-0.2, -0.15) is 13.2 Å². The maximum atomic E-state index is 12.2. The third kappa shape index (κ3) is 5.53. The van der Waals surface area contributed by atoms with Gasteiger partial charge in [0.15, 0.2) is 0 Å². The summed E-state index contributed by atoms with van der Waals surface area (Å²) in [6, 6.07) is 0. The minimum absolute atomic E-state index is 0.0503. The van der Waals surface area contributed by atoms with Crippen molar-refractivity contribution in [3.63, 3.8) is 0 Å². The van der Waals surface area contributed by atoms with Gasteiger partial charge in [-0.1, -0.05) is 0 Å². The first kappa shape index (κ1) is 15.7. The average Bonchev–Trinajstić information content (AvgIpc) is 2.08. The Morgan fingerprint density at radius 2 is 1.71 bits per heavy atom. The average molecular weight is 256 g/mol. The molecule has 0 unspecified atom stereocenters. The molecule has 0 aliphatic heterocycles. The van der Waals surface area contributed by atoms with Gasteiger partial charge in [-0.3, -0.25) is 4.79 Å². The van der Waals surface area contributed by atoms with E-state index in [-0.39, 0.29) is 11.4 Å². The molecule has 0 atom stereocenters. The van der Waals surface area contributed by atoms with Crippen molar-refractivity contribution in [2.45, 2.75) is 32.5 Å². The van der Waals surface area contributed by atoms with Gasteiger partial charge in [0.1, 0.15) is 5.60 Å². The van der Waals surface area contributed by atoms with Crippen molar-refractivity contribution in [3.8, 4) is 0 Å². The van der Waals surface area contributed by atoms with E-state index < -0.39 is 30.3 Å². The lowest BCUT2D eigenvalue weighted by molar-refractivity contribution is -0.183. The van der Waals surface area contributed by atoms with Crippen LogP contribution >= 0.6 is 0 Å². The largest absolute Gasteiger partial charge is 0.471 e.